The fourth-order valence-electron chi connectivity index (χ4n) is 3.91. The van der Waals surface area contributed by atoms with E-state index in [9.17, 15) is 9.59 Å². The van der Waals surface area contributed by atoms with E-state index in [4.69, 9.17) is 0 Å². The van der Waals surface area contributed by atoms with Gasteiger partial charge in [-0.15, -0.1) is 0 Å². The molecule has 0 radical (unpaired) electrons. The molecule has 1 aromatic rings. The number of piperazine rings is 1. The molecule has 3 heterocycles. The van der Waals surface area contributed by atoms with Gasteiger partial charge in [-0.1, -0.05) is 13.8 Å². The first-order chi connectivity index (χ1) is 12.9. The number of ketones is 1. The summed E-state index contributed by atoms with van der Waals surface area (Å²) in [4.78, 5) is 36.2. The SMILES string of the molecule is CC(C)CC(=O)[C@H]1CCCN(C(=O)c2ccc(N3CCN(C)CC3)nc2)C1. The Kier molecular flexibility index (Phi) is 6.47. The Balaban J connectivity index is 1.60. The van der Waals surface area contributed by atoms with Crippen molar-refractivity contribution in [1.82, 2.24) is 14.8 Å². The molecule has 0 saturated carbocycles. The average molecular weight is 373 g/mol. The number of likely N-dealkylation sites (tertiary alicyclic amines) is 1. The number of aromatic nitrogens is 1. The van der Waals surface area contributed by atoms with Crippen molar-refractivity contribution in [2.45, 2.75) is 33.1 Å². The molecule has 1 amide bonds. The number of carbonyl (C=O) groups is 2. The zero-order valence-corrected chi connectivity index (χ0v) is 16.9. The summed E-state index contributed by atoms with van der Waals surface area (Å²) < 4.78 is 0. The number of amides is 1. The smallest absolute Gasteiger partial charge is 0.255 e. The average Bonchev–Trinajstić information content (AvgIpc) is 2.68. The molecule has 27 heavy (non-hydrogen) atoms. The molecule has 3 rings (SSSR count). The molecule has 1 atom stereocenters. The number of nitrogens with zero attached hydrogens (tertiary/aromatic N) is 4. The minimum Gasteiger partial charge on any atom is -0.354 e. The molecule has 6 nitrogen and oxygen atoms in total. The number of pyridine rings is 1. The lowest BCUT2D eigenvalue weighted by Crippen LogP contribution is -2.45. The van der Waals surface area contributed by atoms with E-state index in [1.807, 2.05) is 17.0 Å². The molecule has 2 aliphatic heterocycles. The molecule has 0 aromatic carbocycles. The Morgan fingerprint density at radius 1 is 1.15 bits per heavy atom. The summed E-state index contributed by atoms with van der Waals surface area (Å²) in [5.41, 5.74) is 0.616. The molecule has 2 saturated heterocycles. The van der Waals surface area contributed by atoms with Crippen molar-refractivity contribution in [2.24, 2.45) is 11.8 Å². The fourth-order valence-corrected chi connectivity index (χ4v) is 3.91. The largest absolute Gasteiger partial charge is 0.354 e. The Bertz CT molecular complexity index is 651. The first kappa shape index (κ1) is 19.8. The summed E-state index contributed by atoms with van der Waals surface area (Å²) in [5, 5.41) is 0. The standard InChI is InChI=1S/C21H32N4O2/c1-16(2)13-19(26)18-5-4-8-25(15-18)21(27)17-6-7-20(22-14-17)24-11-9-23(3)10-12-24/h6-7,14,16,18H,4-5,8-13,15H2,1-3H3/t18-/m0/s1. The maximum absolute atomic E-state index is 12.9. The minimum absolute atomic E-state index is 0.00512. The summed E-state index contributed by atoms with van der Waals surface area (Å²) in [6, 6.07) is 3.83. The van der Waals surface area contributed by atoms with Gasteiger partial charge in [0, 0.05) is 57.8 Å². The second-order valence-electron chi connectivity index (χ2n) is 8.35. The fraction of sp³-hybridized carbons (Fsp3) is 0.667. The van der Waals surface area contributed by atoms with Crippen LogP contribution >= 0.6 is 0 Å². The molecule has 0 bridgehead atoms. The number of anilines is 1. The molecular formula is C21H32N4O2. The Morgan fingerprint density at radius 3 is 2.52 bits per heavy atom. The van der Waals surface area contributed by atoms with E-state index in [2.05, 4.69) is 35.7 Å². The molecular weight excluding hydrogens is 340 g/mol. The number of carbonyl (C=O) groups excluding carboxylic acids is 2. The highest BCUT2D eigenvalue weighted by atomic mass is 16.2. The van der Waals surface area contributed by atoms with Gasteiger partial charge in [-0.25, -0.2) is 4.98 Å². The molecule has 0 unspecified atom stereocenters. The minimum atomic E-state index is -0.0114. The summed E-state index contributed by atoms with van der Waals surface area (Å²) >= 11 is 0. The van der Waals surface area contributed by atoms with Crippen molar-refractivity contribution < 1.29 is 9.59 Å². The van der Waals surface area contributed by atoms with Crippen LogP contribution < -0.4 is 4.90 Å². The number of rotatable bonds is 5. The van der Waals surface area contributed by atoms with E-state index < -0.39 is 0 Å². The quantitative estimate of drug-likeness (QED) is 0.794. The lowest BCUT2D eigenvalue weighted by Gasteiger charge is -2.33. The predicted octanol–water partition coefficient (Wildman–Crippen LogP) is 2.30. The number of hydrogen-bond acceptors (Lipinski definition) is 5. The second kappa shape index (κ2) is 8.83. The Morgan fingerprint density at radius 2 is 1.89 bits per heavy atom. The van der Waals surface area contributed by atoms with Crippen molar-refractivity contribution in [3.8, 4) is 0 Å². The van der Waals surface area contributed by atoms with Crippen LogP contribution in [0.5, 0.6) is 0 Å². The number of hydrogen-bond donors (Lipinski definition) is 0. The van der Waals surface area contributed by atoms with E-state index in [0.717, 1.165) is 51.4 Å². The predicted molar refractivity (Wildman–Crippen MR) is 107 cm³/mol. The van der Waals surface area contributed by atoms with E-state index in [1.54, 1.807) is 6.20 Å². The normalized spacial score (nSPS) is 21.6. The third kappa shape index (κ3) is 5.06. The molecule has 148 valence electrons. The van der Waals surface area contributed by atoms with Gasteiger partial charge in [-0.3, -0.25) is 9.59 Å². The first-order valence-electron chi connectivity index (χ1n) is 10.2. The van der Waals surface area contributed by atoms with Gasteiger partial charge in [0.2, 0.25) is 0 Å². The maximum atomic E-state index is 12.9. The van der Waals surface area contributed by atoms with Crippen molar-refractivity contribution in [3.05, 3.63) is 23.9 Å². The third-order valence-corrected chi connectivity index (χ3v) is 5.60. The Labute approximate surface area is 162 Å². The van der Waals surface area contributed by atoms with Gasteiger partial charge >= 0.3 is 0 Å². The molecule has 0 N–H and O–H groups in total. The van der Waals surface area contributed by atoms with Crippen LogP contribution in [0.3, 0.4) is 0 Å². The molecule has 0 aliphatic carbocycles. The van der Waals surface area contributed by atoms with Crippen LogP contribution in [0.25, 0.3) is 0 Å². The number of piperidine rings is 1. The lowest BCUT2D eigenvalue weighted by molar-refractivity contribution is -0.124. The van der Waals surface area contributed by atoms with Crippen LogP contribution in [0.2, 0.25) is 0 Å². The third-order valence-electron chi connectivity index (χ3n) is 5.60. The van der Waals surface area contributed by atoms with Crippen molar-refractivity contribution in [2.75, 3.05) is 51.2 Å². The highest BCUT2D eigenvalue weighted by Gasteiger charge is 2.29. The highest BCUT2D eigenvalue weighted by Crippen LogP contribution is 2.22. The van der Waals surface area contributed by atoms with Crippen LogP contribution in [-0.2, 0) is 4.79 Å². The van der Waals surface area contributed by atoms with Gasteiger partial charge in [0.25, 0.3) is 5.91 Å². The summed E-state index contributed by atoms with van der Waals surface area (Å²) in [7, 11) is 2.13. The molecule has 1 aromatic heterocycles. The van der Waals surface area contributed by atoms with Gasteiger partial charge < -0.3 is 14.7 Å². The van der Waals surface area contributed by atoms with E-state index >= 15 is 0 Å². The number of Topliss-reactive ketones (excluding diaryl/α,β-unsaturated/α-hetero) is 1. The van der Waals surface area contributed by atoms with Crippen LogP contribution in [0.4, 0.5) is 5.82 Å². The van der Waals surface area contributed by atoms with E-state index in [-0.39, 0.29) is 11.8 Å². The summed E-state index contributed by atoms with van der Waals surface area (Å²) in [6.07, 6.45) is 4.09. The van der Waals surface area contributed by atoms with Crippen LogP contribution in [0.1, 0.15) is 43.5 Å². The molecule has 2 aliphatic rings. The second-order valence-corrected chi connectivity index (χ2v) is 8.35. The van der Waals surface area contributed by atoms with Crippen LogP contribution in [-0.4, -0.2) is 72.8 Å². The maximum Gasteiger partial charge on any atom is 0.255 e. The van der Waals surface area contributed by atoms with E-state index in [0.29, 0.717) is 30.2 Å². The van der Waals surface area contributed by atoms with Crippen molar-refractivity contribution >= 4 is 17.5 Å². The van der Waals surface area contributed by atoms with E-state index in [1.165, 1.54) is 0 Å². The zero-order valence-electron chi connectivity index (χ0n) is 16.9. The highest BCUT2D eigenvalue weighted by molar-refractivity contribution is 5.94. The van der Waals surface area contributed by atoms with Gasteiger partial charge in [-0.2, -0.15) is 0 Å². The van der Waals surface area contributed by atoms with Crippen molar-refractivity contribution in [3.63, 3.8) is 0 Å². The number of likely N-dealkylation sites (N-methyl/N-ethyl adjacent to an activating group) is 1. The first-order valence-corrected chi connectivity index (χ1v) is 10.2. The van der Waals surface area contributed by atoms with Gasteiger partial charge in [0.1, 0.15) is 11.6 Å². The lowest BCUT2D eigenvalue weighted by atomic mass is 9.89. The summed E-state index contributed by atoms with van der Waals surface area (Å²) in [6.45, 7) is 9.39. The molecule has 2 fully saturated rings. The van der Waals surface area contributed by atoms with Gasteiger partial charge in [0.05, 0.1) is 5.56 Å². The summed E-state index contributed by atoms with van der Waals surface area (Å²) in [5.74, 6) is 1.58. The van der Waals surface area contributed by atoms with Crippen LogP contribution in [0, 0.1) is 11.8 Å². The Hall–Kier alpha value is -1.95. The van der Waals surface area contributed by atoms with Gasteiger partial charge in [0.15, 0.2) is 0 Å². The topological polar surface area (TPSA) is 56.8 Å². The monoisotopic (exact) mass is 372 g/mol. The molecule has 6 heteroatoms. The van der Waals surface area contributed by atoms with Gasteiger partial charge in [-0.05, 0) is 37.9 Å². The van der Waals surface area contributed by atoms with Crippen molar-refractivity contribution in [1.29, 1.82) is 0 Å². The zero-order chi connectivity index (χ0) is 19.4. The van der Waals surface area contributed by atoms with Crippen LogP contribution in [0.15, 0.2) is 18.3 Å². The molecule has 0 spiro atoms.